The van der Waals surface area contributed by atoms with E-state index < -0.39 is 17.6 Å². The molecule has 0 aliphatic heterocycles. The molecule has 0 heterocycles. The Bertz CT molecular complexity index is 468. The van der Waals surface area contributed by atoms with Crippen molar-refractivity contribution in [3.05, 3.63) is 0 Å². The van der Waals surface area contributed by atoms with E-state index >= 15 is 0 Å². The van der Waals surface area contributed by atoms with Crippen molar-refractivity contribution in [2.75, 3.05) is 30.9 Å². The van der Waals surface area contributed by atoms with Crippen molar-refractivity contribution < 1.29 is 19.5 Å². The van der Waals surface area contributed by atoms with E-state index in [2.05, 4.69) is 24.9 Å². The second kappa shape index (κ2) is 14.5. The molecule has 0 aromatic heterocycles. The summed E-state index contributed by atoms with van der Waals surface area (Å²) in [7, 11) is 0. The van der Waals surface area contributed by atoms with Gasteiger partial charge in [-0.05, 0) is 24.3 Å². The Balaban J connectivity index is 5.97. The number of carbonyl (C=O) groups excluding carboxylic acids is 1. The van der Waals surface area contributed by atoms with Crippen LogP contribution in [0.4, 0.5) is 0 Å². The van der Waals surface area contributed by atoms with Gasteiger partial charge in [0.25, 0.3) is 0 Å². The third kappa shape index (κ3) is 8.49. The largest absolute Gasteiger partial charge is 0.478 e. The monoisotopic (exact) mass is 437 g/mol. The number of nitrogens with one attached hydrogen (secondary N) is 1. The smallest absolute Gasteiger partial charge is 0.347 e. The van der Waals surface area contributed by atoms with E-state index in [1.807, 2.05) is 27.0 Å². The summed E-state index contributed by atoms with van der Waals surface area (Å²) in [6.45, 7) is 8.23. The first-order chi connectivity index (χ1) is 13.2. The van der Waals surface area contributed by atoms with E-state index in [1.165, 1.54) is 11.8 Å². The number of rotatable bonds is 16. The average Bonchev–Trinajstić information content (AvgIpc) is 2.62. The van der Waals surface area contributed by atoms with E-state index in [4.69, 9.17) is 10.6 Å². The molecule has 3 atom stereocenters. The molecule has 0 bridgehead atoms. The van der Waals surface area contributed by atoms with Gasteiger partial charge in [-0.15, -0.1) is 0 Å². The molecule has 0 aromatic carbocycles. The molecule has 4 N–H and O–H groups in total. The minimum Gasteiger partial charge on any atom is -0.478 e. The number of carboxylic acids is 1. The fourth-order valence-electron chi connectivity index (χ4n) is 2.85. The molecule has 0 aliphatic carbocycles. The molecule has 7 nitrogen and oxygen atoms in total. The lowest BCUT2D eigenvalue weighted by molar-refractivity contribution is -0.243. The van der Waals surface area contributed by atoms with Gasteiger partial charge in [-0.3, -0.25) is 14.9 Å². The van der Waals surface area contributed by atoms with Crippen LogP contribution in [0.2, 0.25) is 0 Å². The predicted octanol–water partition coefficient (Wildman–Crippen LogP) is 2.61. The second-order valence-electron chi connectivity index (χ2n) is 7.58. The van der Waals surface area contributed by atoms with Gasteiger partial charge in [-0.2, -0.15) is 29.5 Å². The molecule has 0 rings (SSSR count). The van der Waals surface area contributed by atoms with Crippen LogP contribution in [0.5, 0.6) is 0 Å². The normalized spacial score (nSPS) is 15.9. The number of hydrogen-bond acceptors (Lipinski definition) is 7. The van der Waals surface area contributed by atoms with Crippen LogP contribution in [0.1, 0.15) is 53.4 Å². The van der Waals surface area contributed by atoms with E-state index in [0.717, 1.165) is 24.3 Å². The van der Waals surface area contributed by atoms with Crippen molar-refractivity contribution in [3.8, 4) is 0 Å². The number of hydrogen-bond donors (Lipinski definition) is 4. The van der Waals surface area contributed by atoms with E-state index in [9.17, 15) is 14.7 Å². The van der Waals surface area contributed by atoms with E-state index in [-0.39, 0.29) is 30.8 Å². The maximum atomic E-state index is 13.0. The van der Waals surface area contributed by atoms with Crippen LogP contribution < -0.4 is 11.1 Å². The predicted molar refractivity (Wildman–Crippen MR) is 120 cm³/mol. The summed E-state index contributed by atoms with van der Waals surface area (Å²) >= 11 is 5.70. The topological polar surface area (TPSA) is 105 Å². The molecule has 0 radical (unpaired) electrons. The summed E-state index contributed by atoms with van der Waals surface area (Å²) < 4.78 is 0. The van der Waals surface area contributed by atoms with E-state index in [0.29, 0.717) is 18.1 Å². The number of thioether (sulfide) groups is 1. The summed E-state index contributed by atoms with van der Waals surface area (Å²) in [6.07, 6.45) is 4.82. The van der Waals surface area contributed by atoms with Crippen molar-refractivity contribution >= 4 is 36.3 Å². The number of thiol groups is 1. The van der Waals surface area contributed by atoms with Crippen molar-refractivity contribution in [2.24, 2.45) is 17.6 Å². The molecule has 0 aromatic rings. The van der Waals surface area contributed by atoms with E-state index in [1.54, 1.807) is 0 Å². The first kappa shape index (κ1) is 27.5. The lowest BCUT2D eigenvalue weighted by Gasteiger charge is -2.44. The van der Waals surface area contributed by atoms with Crippen LogP contribution in [0, 0.1) is 11.8 Å². The average molecular weight is 438 g/mol. The van der Waals surface area contributed by atoms with Crippen LogP contribution >= 0.6 is 24.4 Å². The summed E-state index contributed by atoms with van der Waals surface area (Å²) in [5.74, 6) is -0.872. The van der Waals surface area contributed by atoms with Crippen LogP contribution in [0.25, 0.3) is 0 Å². The van der Waals surface area contributed by atoms with Crippen LogP contribution in [0.3, 0.4) is 0 Å². The molecule has 9 heteroatoms. The minimum absolute atomic E-state index is 0.0799. The molecule has 0 fully saturated rings. The highest BCUT2D eigenvalue weighted by Crippen LogP contribution is 2.28. The van der Waals surface area contributed by atoms with Gasteiger partial charge in [0.05, 0.1) is 6.61 Å². The molecule has 0 saturated heterocycles. The van der Waals surface area contributed by atoms with Crippen molar-refractivity contribution in [1.29, 1.82) is 0 Å². The van der Waals surface area contributed by atoms with Gasteiger partial charge in [0.15, 0.2) is 0 Å². The maximum Gasteiger partial charge on any atom is 0.347 e. The number of nitrogens with zero attached hydrogens (tertiary/aromatic N) is 1. The maximum absolute atomic E-state index is 13.0. The molecular weight excluding hydrogens is 398 g/mol. The first-order valence-electron chi connectivity index (χ1n) is 9.96. The second-order valence-corrected chi connectivity index (χ2v) is 8.85. The fourth-order valence-corrected chi connectivity index (χ4v) is 3.72. The molecule has 1 amide bonds. The van der Waals surface area contributed by atoms with Crippen molar-refractivity contribution in [1.82, 2.24) is 10.4 Å². The third-order valence-electron chi connectivity index (χ3n) is 4.42. The van der Waals surface area contributed by atoms with Gasteiger partial charge in [0, 0.05) is 30.7 Å². The molecule has 0 saturated carbocycles. The third-order valence-corrected chi connectivity index (χ3v) is 5.72. The highest BCUT2D eigenvalue weighted by atomic mass is 32.2. The molecule has 0 aliphatic rings. The zero-order valence-electron chi connectivity index (χ0n) is 17.9. The highest BCUT2D eigenvalue weighted by Gasteiger charge is 2.52. The fraction of sp³-hybridized carbons (Fsp3) is 0.895. The van der Waals surface area contributed by atoms with Crippen LogP contribution in [-0.4, -0.2) is 64.7 Å². The molecular formula is C19H39N3O4S2. The Morgan fingerprint density at radius 1 is 1.32 bits per heavy atom. The number of carboxylic acid groups (broad SMARTS) is 1. The SMILES string of the molecule is CCCCCON(C(=O)CC(C)C)[C@@](NCC(N)CS)(C(=O)O)[C@H](C)CSC. The van der Waals surface area contributed by atoms with Gasteiger partial charge in [-0.25, -0.2) is 4.79 Å². The summed E-state index contributed by atoms with van der Waals surface area (Å²) in [5.41, 5.74) is 4.28. The van der Waals surface area contributed by atoms with Gasteiger partial charge in [0.1, 0.15) is 0 Å². The number of nitrogens with two attached hydrogens (primary N) is 1. The minimum atomic E-state index is -1.69. The number of hydroxylamine groups is 2. The summed E-state index contributed by atoms with van der Waals surface area (Å²) in [4.78, 5) is 31.4. The van der Waals surface area contributed by atoms with Gasteiger partial charge in [0.2, 0.25) is 11.6 Å². The lowest BCUT2D eigenvalue weighted by Crippen LogP contribution is -2.70. The van der Waals surface area contributed by atoms with Crippen LogP contribution in [-0.2, 0) is 14.4 Å². The zero-order valence-corrected chi connectivity index (χ0v) is 19.7. The molecule has 28 heavy (non-hydrogen) atoms. The number of unbranched alkanes of at least 4 members (excludes halogenated alkanes) is 2. The van der Waals surface area contributed by atoms with Crippen molar-refractivity contribution in [2.45, 2.75) is 65.1 Å². The Hall–Kier alpha value is -0.480. The number of carbonyl (C=O) groups is 2. The van der Waals surface area contributed by atoms with Gasteiger partial charge >= 0.3 is 5.97 Å². The Labute approximate surface area is 179 Å². The quantitative estimate of drug-likeness (QED) is 0.127. The highest BCUT2D eigenvalue weighted by molar-refractivity contribution is 7.98. The van der Waals surface area contributed by atoms with Gasteiger partial charge in [-0.1, -0.05) is 40.5 Å². The summed E-state index contributed by atoms with van der Waals surface area (Å²) in [5, 5.41) is 14.4. The molecule has 166 valence electrons. The van der Waals surface area contributed by atoms with Crippen molar-refractivity contribution in [3.63, 3.8) is 0 Å². The molecule has 1 unspecified atom stereocenters. The first-order valence-corrected chi connectivity index (χ1v) is 12.0. The summed E-state index contributed by atoms with van der Waals surface area (Å²) in [6, 6.07) is -0.342. The molecule has 0 spiro atoms. The zero-order chi connectivity index (χ0) is 21.7. The Kier molecular flexibility index (Phi) is 14.2. The Morgan fingerprint density at radius 3 is 2.43 bits per heavy atom. The Morgan fingerprint density at radius 2 is 1.96 bits per heavy atom. The standard InChI is InChI=1S/C19H39N3O4S2/c1-6-7-8-9-26-22(17(23)10-14(2)3)19(18(24)25,15(4)13-28-5)21-11-16(20)12-27/h14-16,21,27H,6-13,20H2,1-5H3,(H,24,25)/t15-,16?,19-/m1/s1. The lowest BCUT2D eigenvalue weighted by atomic mass is 9.93. The van der Waals surface area contributed by atoms with Crippen LogP contribution in [0.15, 0.2) is 0 Å². The number of aliphatic carboxylic acids is 1. The number of amides is 1. The van der Waals surface area contributed by atoms with Gasteiger partial charge < -0.3 is 10.8 Å².